The second kappa shape index (κ2) is 9.64. The molecule has 0 bridgehead atoms. The lowest BCUT2D eigenvalue weighted by atomic mass is 9.64. The Bertz CT molecular complexity index is 577. The number of benzene rings is 1. The minimum Gasteiger partial charge on any atom is -0.384 e. The molecule has 1 rings (SSSR count). The van der Waals surface area contributed by atoms with Gasteiger partial charge in [-0.25, -0.2) is 0 Å². The Morgan fingerprint density at radius 1 is 1.04 bits per heavy atom. The lowest BCUT2D eigenvalue weighted by molar-refractivity contribution is -0.125. The molecule has 0 radical (unpaired) electrons. The van der Waals surface area contributed by atoms with E-state index >= 15 is 0 Å². The summed E-state index contributed by atoms with van der Waals surface area (Å²) in [5.41, 5.74) is 1.83. The molecule has 1 aromatic carbocycles. The number of thioether (sulfide) groups is 1. The third-order valence-corrected chi connectivity index (χ3v) is 5.36. The van der Waals surface area contributed by atoms with Gasteiger partial charge >= 0.3 is 0 Å². The Morgan fingerprint density at radius 3 is 2.04 bits per heavy atom. The monoisotopic (exact) mass is 375 g/mol. The molecule has 0 aliphatic rings. The first kappa shape index (κ1) is 22.8. The van der Waals surface area contributed by atoms with Crippen LogP contribution >= 0.6 is 11.8 Å². The van der Waals surface area contributed by atoms with Crippen molar-refractivity contribution in [3.8, 4) is 0 Å². The Balaban J connectivity index is 3.09. The molecule has 0 heterocycles. The van der Waals surface area contributed by atoms with Gasteiger partial charge in [-0.15, -0.1) is 0 Å². The molecule has 1 N–H and O–H groups in total. The maximum atomic E-state index is 13.2. The third kappa shape index (κ3) is 7.57. The van der Waals surface area contributed by atoms with Crippen LogP contribution in [0.1, 0.15) is 61.0 Å². The highest BCUT2D eigenvalue weighted by atomic mass is 32.2. The van der Waals surface area contributed by atoms with E-state index in [1.54, 1.807) is 0 Å². The van der Waals surface area contributed by atoms with Crippen LogP contribution in [0.5, 0.6) is 0 Å². The summed E-state index contributed by atoms with van der Waals surface area (Å²) in [7, 11) is 0. The molecule has 146 valence electrons. The highest BCUT2D eigenvalue weighted by molar-refractivity contribution is 7.99. The smallest absolute Gasteiger partial charge is 0.161 e. The zero-order chi connectivity index (χ0) is 20.0. The number of carbonyl (C=O) groups is 1. The SMILES string of the molecule is CC(C)SCCN/C(=C\C(=O)C(C(C)(C)C)C(C)(C)C)c1ccccc1. The predicted molar refractivity (Wildman–Crippen MR) is 117 cm³/mol. The zero-order valence-electron chi connectivity index (χ0n) is 17.8. The van der Waals surface area contributed by atoms with Crippen LogP contribution in [0.4, 0.5) is 0 Å². The Hall–Kier alpha value is -1.22. The minimum atomic E-state index is -0.0822. The topological polar surface area (TPSA) is 29.1 Å². The lowest BCUT2D eigenvalue weighted by Gasteiger charge is -2.39. The van der Waals surface area contributed by atoms with Gasteiger partial charge in [0, 0.05) is 30.0 Å². The summed E-state index contributed by atoms with van der Waals surface area (Å²) in [6.07, 6.45) is 1.83. The molecular weight excluding hydrogens is 338 g/mol. The summed E-state index contributed by atoms with van der Waals surface area (Å²) >= 11 is 1.93. The summed E-state index contributed by atoms with van der Waals surface area (Å²) in [5, 5.41) is 4.12. The fourth-order valence-corrected chi connectivity index (χ4v) is 4.40. The first-order valence-electron chi connectivity index (χ1n) is 9.59. The van der Waals surface area contributed by atoms with Gasteiger partial charge in [-0.05, 0) is 21.6 Å². The van der Waals surface area contributed by atoms with Crippen molar-refractivity contribution in [2.75, 3.05) is 12.3 Å². The molecule has 3 heteroatoms. The van der Waals surface area contributed by atoms with E-state index in [-0.39, 0.29) is 22.5 Å². The standard InChI is InChI=1S/C23H37NOS/c1-17(2)26-15-14-24-19(18-12-10-9-11-13-18)16-20(25)21(22(3,4)5)23(6,7)8/h9-13,16-17,21,24H,14-15H2,1-8H3/b19-16-. The van der Waals surface area contributed by atoms with Crippen molar-refractivity contribution in [3.63, 3.8) is 0 Å². The molecule has 0 fully saturated rings. The highest BCUT2D eigenvalue weighted by Gasteiger charge is 2.39. The van der Waals surface area contributed by atoms with E-state index in [0.29, 0.717) is 5.25 Å². The number of carbonyl (C=O) groups excluding carboxylic acids is 1. The van der Waals surface area contributed by atoms with Gasteiger partial charge in [0.25, 0.3) is 0 Å². The molecular formula is C23H37NOS. The minimum absolute atomic E-state index is 0.0412. The Labute approximate surface area is 165 Å². The van der Waals surface area contributed by atoms with Gasteiger partial charge in [0.1, 0.15) is 0 Å². The van der Waals surface area contributed by atoms with E-state index in [4.69, 9.17) is 0 Å². The molecule has 0 aliphatic carbocycles. The van der Waals surface area contributed by atoms with Crippen molar-refractivity contribution in [3.05, 3.63) is 42.0 Å². The van der Waals surface area contributed by atoms with Gasteiger partial charge in [0.2, 0.25) is 0 Å². The summed E-state index contributed by atoms with van der Waals surface area (Å²) < 4.78 is 0. The van der Waals surface area contributed by atoms with Crippen LogP contribution in [0.3, 0.4) is 0 Å². The summed E-state index contributed by atoms with van der Waals surface area (Å²) in [5.74, 6) is 1.19. The maximum absolute atomic E-state index is 13.2. The lowest BCUT2D eigenvalue weighted by Crippen LogP contribution is -2.38. The molecule has 1 aromatic rings. The second-order valence-corrected chi connectivity index (χ2v) is 11.0. The van der Waals surface area contributed by atoms with Crippen molar-refractivity contribution in [2.45, 2.75) is 60.6 Å². The van der Waals surface area contributed by atoms with E-state index in [9.17, 15) is 4.79 Å². The highest BCUT2D eigenvalue weighted by Crippen LogP contribution is 2.41. The van der Waals surface area contributed by atoms with Crippen molar-refractivity contribution in [1.82, 2.24) is 5.32 Å². The fourth-order valence-electron chi connectivity index (χ4n) is 3.71. The van der Waals surface area contributed by atoms with Crippen LogP contribution in [0.15, 0.2) is 36.4 Å². The number of allylic oxidation sites excluding steroid dienone is 1. The number of rotatable bonds is 8. The van der Waals surface area contributed by atoms with Crippen molar-refractivity contribution in [2.24, 2.45) is 16.7 Å². The zero-order valence-corrected chi connectivity index (χ0v) is 18.7. The van der Waals surface area contributed by atoms with Gasteiger partial charge in [-0.3, -0.25) is 4.79 Å². The van der Waals surface area contributed by atoms with E-state index < -0.39 is 0 Å². The fraction of sp³-hybridized carbons (Fsp3) is 0.609. The second-order valence-electron chi connectivity index (χ2n) is 9.34. The third-order valence-electron chi connectivity index (χ3n) is 4.26. The Morgan fingerprint density at radius 2 is 1.58 bits per heavy atom. The van der Waals surface area contributed by atoms with Crippen LogP contribution in [0, 0.1) is 16.7 Å². The van der Waals surface area contributed by atoms with Gasteiger partial charge in [-0.1, -0.05) is 85.7 Å². The summed E-state index contributed by atoms with van der Waals surface area (Å²) in [6.45, 7) is 18.2. The average molecular weight is 376 g/mol. The molecule has 0 saturated heterocycles. The van der Waals surface area contributed by atoms with Crippen molar-refractivity contribution in [1.29, 1.82) is 0 Å². The Kier molecular flexibility index (Phi) is 8.46. The van der Waals surface area contributed by atoms with Crippen LogP contribution in [-0.4, -0.2) is 23.3 Å². The first-order valence-corrected chi connectivity index (χ1v) is 10.6. The number of hydrogen-bond acceptors (Lipinski definition) is 3. The first-order chi connectivity index (χ1) is 11.9. The van der Waals surface area contributed by atoms with Gasteiger partial charge in [-0.2, -0.15) is 11.8 Å². The molecule has 0 aromatic heterocycles. The van der Waals surface area contributed by atoms with Crippen molar-refractivity contribution < 1.29 is 4.79 Å². The summed E-state index contributed by atoms with van der Waals surface area (Å²) in [4.78, 5) is 13.2. The molecule has 0 spiro atoms. The average Bonchev–Trinajstić information content (AvgIpc) is 2.48. The van der Waals surface area contributed by atoms with E-state index in [0.717, 1.165) is 23.6 Å². The molecule has 2 nitrogen and oxygen atoms in total. The number of hydrogen-bond donors (Lipinski definition) is 1. The van der Waals surface area contributed by atoms with Crippen LogP contribution < -0.4 is 5.32 Å². The molecule has 0 aliphatic heterocycles. The van der Waals surface area contributed by atoms with E-state index in [1.807, 2.05) is 36.0 Å². The quantitative estimate of drug-likeness (QED) is 0.444. The molecule has 0 atom stereocenters. The van der Waals surface area contributed by atoms with Gasteiger partial charge in [0.05, 0.1) is 0 Å². The molecule has 0 amide bonds. The van der Waals surface area contributed by atoms with Gasteiger partial charge in [0.15, 0.2) is 5.78 Å². The predicted octanol–water partition coefficient (Wildman–Crippen LogP) is 6.04. The van der Waals surface area contributed by atoms with E-state index in [2.05, 4.69) is 72.8 Å². The normalized spacial score (nSPS) is 13.4. The molecule has 0 saturated carbocycles. The summed E-state index contributed by atoms with van der Waals surface area (Å²) in [6, 6.07) is 10.2. The maximum Gasteiger partial charge on any atom is 0.161 e. The van der Waals surface area contributed by atoms with Crippen LogP contribution in [0.25, 0.3) is 5.70 Å². The molecule has 0 unspecified atom stereocenters. The van der Waals surface area contributed by atoms with Crippen molar-refractivity contribution >= 4 is 23.2 Å². The number of nitrogens with one attached hydrogen (secondary N) is 1. The number of ketones is 1. The van der Waals surface area contributed by atoms with Gasteiger partial charge < -0.3 is 5.32 Å². The molecule has 26 heavy (non-hydrogen) atoms. The van der Waals surface area contributed by atoms with Crippen LogP contribution in [-0.2, 0) is 4.79 Å². The van der Waals surface area contributed by atoms with E-state index in [1.165, 1.54) is 0 Å². The largest absolute Gasteiger partial charge is 0.384 e. The van der Waals surface area contributed by atoms with Crippen LogP contribution in [0.2, 0.25) is 0 Å².